The summed E-state index contributed by atoms with van der Waals surface area (Å²) in [5.41, 5.74) is 0.537. The van der Waals surface area contributed by atoms with Gasteiger partial charge in [-0.25, -0.2) is 0 Å². The van der Waals surface area contributed by atoms with E-state index in [1.165, 1.54) is 0 Å². The van der Waals surface area contributed by atoms with Crippen LogP contribution in [0.5, 0.6) is 0 Å². The minimum atomic E-state index is -0.524. The fourth-order valence-electron chi connectivity index (χ4n) is 2.35. The zero-order chi connectivity index (χ0) is 16.1. The number of hydrogen-bond donors (Lipinski definition) is 1. The molecule has 0 radical (unpaired) electrons. The van der Waals surface area contributed by atoms with Crippen LogP contribution < -0.4 is 5.32 Å². The molecule has 0 aliphatic carbocycles. The molecule has 0 bridgehead atoms. The Kier molecular flexibility index (Phi) is 5.97. The van der Waals surface area contributed by atoms with Gasteiger partial charge in [0.2, 0.25) is 5.91 Å². The lowest BCUT2D eigenvalue weighted by atomic mass is 10.0. The van der Waals surface area contributed by atoms with E-state index in [9.17, 15) is 9.59 Å². The molecule has 0 spiro atoms. The monoisotopic (exact) mass is 368 g/mol. The van der Waals surface area contributed by atoms with Gasteiger partial charge in [-0.15, -0.1) is 0 Å². The second kappa shape index (κ2) is 7.74. The summed E-state index contributed by atoms with van der Waals surface area (Å²) >= 11 is 3.35. The quantitative estimate of drug-likeness (QED) is 0.884. The Labute approximate surface area is 139 Å². The second-order valence-corrected chi connectivity index (χ2v) is 6.56. The highest BCUT2D eigenvalue weighted by atomic mass is 79.9. The maximum absolute atomic E-state index is 12.6. The second-order valence-electron chi connectivity index (χ2n) is 5.64. The van der Waals surface area contributed by atoms with Crippen molar-refractivity contribution in [3.8, 4) is 0 Å². The van der Waals surface area contributed by atoms with Crippen LogP contribution in [0.25, 0.3) is 0 Å². The van der Waals surface area contributed by atoms with Crippen molar-refractivity contribution >= 4 is 27.7 Å². The molecule has 0 saturated carbocycles. The Morgan fingerprint density at radius 2 is 1.95 bits per heavy atom. The summed E-state index contributed by atoms with van der Waals surface area (Å²) in [7, 11) is 0. The first kappa shape index (κ1) is 17.0. The normalized spacial score (nSPS) is 16.5. The SMILES string of the molecule is CC(C)[C@H](NC(=O)c1cccc(Br)c1)C(=O)N1CCOCC1. The molecule has 1 aliphatic rings. The molecule has 1 aromatic rings. The van der Waals surface area contributed by atoms with Crippen molar-refractivity contribution in [1.82, 2.24) is 10.2 Å². The topological polar surface area (TPSA) is 58.6 Å². The van der Waals surface area contributed by atoms with Gasteiger partial charge in [-0.2, -0.15) is 0 Å². The standard InChI is InChI=1S/C16H21BrN2O3/c1-11(2)14(16(21)19-6-8-22-9-7-19)18-15(20)12-4-3-5-13(17)10-12/h3-5,10-11,14H,6-9H2,1-2H3,(H,18,20)/t14-/m0/s1. The summed E-state index contributed by atoms with van der Waals surface area (Å²) in [5.74, 6) is -0.255. The summed E-state index contributed by atoms with van der Waals surface area (Å²) in [6.45, 7) is 6.13. The molecule has 1 N–H and O–H groups in total. The van der Waals surface area contributed by atoms with Gasteiger partial charge in [0.05, 0.1) is 13.2 Å². The number of carbonyl (C=O) groups is 2. The number of halogens is 1. The van der Waals surface area contributed by atoms with Gasteiger partial charge < -0.3 is 15.0 Å². The van der Waals surface area contributed by atoms with Crippen molar-refractivity contribution in [3.05, 3.63) is 34.3 Å². The smallest absolute Gasteiger partial charge is 0.251 e. The zero-order valence-electron chi connectivity index (χ0n) is 12.8. The lowest BCUT2D eigenvalue weighted by molar-refractivity contribution is -0.138. The first-order valence-corrected chi connectivity index (χ1v) is 8.21. The molecule has 2 rings (SSSR count). The maximum Gasteiger partial charge on any atom is 0.251 e. The molecule has 6 heteroatoms. The molecule has 22 heavy (non-hydrogen) atoms. The molecule has 1 aromatic carbocycles. The van der Waals surface area contributed by atoms with E-state index in [2.05, 4.69) is 21.2 Å². The minimum absolute atomic E-state index is 0.0199. The summed E-state index contributed by atoms with van der Waals surface area (Å²) in [4.78, 5) is 26.8. The highest BCUT2D eigenvalue weighted by molar-refractivity contribution is 9.10. The average Bonchev–Trinajstić information content (AvgIpc) is 2.52. The van der Waals surface area contributed by atoms with E-state index in [0.717, 1.165) is 4.47 Å². The van der Waals surface area contributed by atoms with E-state index >= 15 is 0 Å². The maximum atomic E-state index is 12.6. The number of morpholine rings is 1. The molecule has 5 nitrogen and oxygen atoms in total. The van der Waals surface area contributed by atoms with Crippen LogP contribution in [0, 0.1) is 5.92 Å². The summed E-state index contributed by atoms with van der Waals surface area (Å²) in [6.07, 6.45) is 0. The predicted molar refractivity (Wildman–Crippen MR) is 87.6 cm³/mol. The number of hydrogen-bond acceptors (Lipinski definition) is 3. The predicted octanol–water partition coefficient (Wildman–Crippen LogP) is 2.06. The van der Waals surface area contributed by atoms with Gasteiger partial charge in [0.1, 0.15) is 6.04 Å². The van der Waals surface area contributed by atoms with Crippen molar-refractivity contribution in [2.24, 2.45) is 5.92 Å². The molecule has 120 valence electrons. The largest absolute Gasteiger partial charge is 0.378 e. The van der Waals surface area contributed by atoms with E-state index < -0.39 is 6.04 Å². The van der Waals surface area contributed by atoms with Gasteiger partial charge in [-0.1, -0.05) is 35.8 Å². The van der Waals surface area contributed by atoms with Crippen LogP contribution in [-0.4, -0.2) is 49.1 Å². The zero-order valence-corrected chi connectivity index (χ0v) is 14.4. The molecular formula is C16H21BrN2O3. The Balaban J connectivity index is 2.08. The highest BCUT2D eigenvalue weighted by Gasteiger charge is 2.29. The van der Waals surface area contributed by atoms with E-state index in [4.69, 9.17) is 4.74 Å². The van der Waals surface area contributed by atoms with E-state index in [1.807, 2.05) is 19.9 Å². The third-order valence-corrected chi connectivity index (χ3v) is 4.12. The summed E-state index contributed by atoms with van der Waals surface area (Å²) < 4.78 is 6.10. The van der Waals surface area contributed by atoms with Gasteiger partial charge in [0.25, 0.3) is 5.91 Å². The molecular weight excluding hydrogens is 348 g/mol. The summed E-state index contributed by atoms with van der Waals surface area (Å²) in [6, 6.07) is 6.61. The van der Waals surface area contributed by atoms with Crippen LogP contribution in [0.3, 0.4) is 0 Å². The Morgan fingerprint density at radius 1 is 1.27 bits per heavy atom. The molecule has 1 heterocycles. The lowest BCUT2D eigenvalue weighted by Gasteiger charge is -2.32. The Morgan fingerprint density at radius 3 is 2.55 bits per heavy atom. The average molecular weight is 369 g/mol. The molecule has 0 unspecified atom stereocenters. The van der Waals surface area contributed by atoms with Gasteiger partial charge >= 0.3 is 0 Å². The molecule has 1 fully saturated rings. The first-order chi connectivity index (χ1) is 10.5. The fourth-order valence-corrected chi connectivity index (χ4v) is 2.75. The molecule has 1 aliphatic heterocycles. The number of rotatable bonds is 4. The van der Waals surface area contributed by atoms with Crippen LogP contribution in [0.2, 0.25) is 0 Å². The third kappa shape index (κ3) is 4.30. The third-order valence-electron chi connectivity index (χ3n) is 3.63. The van der Waals surface area contributed by atoms with Gasteiger partial charge in [-0.3, -0.25) is 9.59 Å². The van der Waals surface area contributed by atoms with Crippen LogP contribution >= 0.6 is 15.9 Å². The number of benzene rings is 1. The number of amides is 2. The van der Waals surface area contributed by atoms with Crippen molar-refractivity contribution < 1.29 is 14.3 Å². The van der Waals surface area contributed by atoms with Crippen molar-refractivity contribution in [3.63, 3.8) is 0 Å². The van der Waals surface area contributed by atoms with Crippen molar-refractivity contribution in [1.29, 1.82) is 0 Å². The molecule has 1 saturated heterocycles. The Bertz CT molecular complexity index is 542. The molecule has 0 aromatic heterocycles. The van der Waals surface area contributed by atoms with Crippen LogP contribution in [-0.2, 0) is 9.53 Å². The van der Waals surface area contributed by atoms with E-state index in [-0.39, 0.29) is 17.7 Å². The minimum Gasteiger partial charge on any atom is -0.378 e. The van der Waals surface area contributed by atoms with Gasteiger partial charge in [-0.05, 0) is 24.1 Å². The van der Waals surface area contributed by atoms with Crippen molar-refractivity contribution in [2.45, 2.75) is 19.9 Å². The number of nitrogens with one attached hydrogen (secondary N) is 1. The van der Waals surface area contributed by atoms with Crippen LogP contribution in [0.15, 0.2) is 28.7 Å². The first-order valence-electron chi connectivity index (χ1n) is 7.42. The Hall–Kier alpha value is -1.40. The van der Waals surface area contributed by atoms with Gasteiger partial charge in [0.15, 0.2) is 0 Å². The van der Waals surface area contributed by atoms with Crippen molar-refractivity contribution in [2.75, 3.05) is 26.3 Å². The van der Waals surface area contributed by atoms with Gasteiger partial charge in [0, 0.05) is 23.1 Å². The van der Waals surface area contributed by atoms with Crippen LogP contribution in [0.1, 0.15) is 24.2 Å². The summed E-state index contributed by atoms with van der Waals surface area (Å²) in [5, 5.41) is 2.87. The highest BCUT2D eigenvalue weighted by Crippen LogP contribution is 2.13. The van der Waals surface area contributed by atoms with E-state index in [0.29, 0.717) is 31.9 Å². The lowest BCUT2D eigenvalue weighted by Crippen LogP contribution is -2.53. The number of carbonyl (C=O) groups excluding carboxylic acids is 2. The molecule has 1 atom stereocenters. The fraction of sp³-hybridized carbons (Fsp3) is 0.500. The number of nitrogens with zero attached hydrogens (tertiary/aromatic N) is 1. The molecule has 2 amide bonds. The van der Waals surface area contributed by atoms with E-state index in [1.54, 1.807) is 23.1 Å². The number of ether oxygens (including phenoxy) is 1. The van der Waals surface area contributed by atoms with Crippen LogP contribution in [0.4, 0.5) is 0 Å².